The van der Waals surface area contributed by atoms with Crippen LogP contribution in [0.1, 0.15) is 60.3 Å². The van der Waals surface area contributed by atoms with Crippen LogP contribution in [0, 0.1) is 11.8 Å². The molecular weight excluding hydrogens is 759 g/mol. The molecule has 2 aliphatic heterocycles. The van der Waals surface area contributed by atoms with Gasteiger partial charge in [-0.05, 0) is 112 Å². The molecule has 55 heavy (non-hydrogen) atoms. The van der Waals surface area contributed by atoms with Crippen LogP contribution in [0.15, 0.2) is 97.3 Å². The molecule has 2 atom stereocenters. The highest BCUT2D eigenvalue weighted by atomic mass is 35.5. The van der Waals surface area contributed by atoms with Crippen molar-refractivity contribution in [2.24, 2.45) is 11.8 Å². The second kappa shape index (κ2) is 24.8. The lowest BCUT2D eigenvalue weighted by atomic mass is 9.94. The molecule has 4 heterocycles. The second-order valence-electron chi connectivity index (χ2n) is 13.3. The first-order valence-electron chi connectivity index (χ1n) is 18.7. The van der Waals surface area contributed by atoms with Crippen LogP contribution in [-0.4, -0.2) is 92.7 Å². The van der Waals surface area contributed by atoms with Gasteiger partial charge in [-0.3, -0.25) is 19.6 Å². The molecule has 3 N–H and O–H groups in total. The van der Waals surface area contributed by atoms with Crippen molar-refractivity contribution < 1.29 is 19.1 Å². The molecule has 4 aromatic rings. The van der Waals surface area contributed by atoms with E-state index in [0.29, 0.717) is 22.5 Å². The van der Waals surface area contributed by atoms with Crippen molar-refractivity contribution in [2.45, 2.75) is 37.8 Å². The minimum atomic E-state index is -0.275. The standard InChI is InChI=1S/C21H26ClN3O2.C18H20ClN3O.C3H7ClO/c1-27-15-14-25-12-9-17(10-13-25)21(26)24-20(19-4-2-3-11-23-19)16-5-7-18(22)8-6-16;19-15-6-4-13(5-7-15)17(16-3-1-2-10-21-16)22-18(23)14-8-11-20-12-9-14;1-5-3-2-4/h2-8,11,17,20H,9-10,12-15H2,1H3,(H,24,26);1-7,10,14,17,20H,8-9,11-12H2,(H,22,23);2-3H2,1H3. The zero-order chi connectivity index (χ0) is 39.3. The van der Waals surface area contributed by atoms with Crippen LogP contribution in [0.3, 0.4) is 0 Å². The molecule has 2 unspecified atom stereocenters. The average molecular weight is 812 g/mol. The number of nitrogens with one attached hydrogen (secondary N) is 3. The van der Waals surface area contributed by atoms with Crippen molar-refractivity contribution in [1.82, 2.24) is 30.8 Å². The molecule has 0 radical (unpaired) electrons. The van der Waals surface area contributed by atoms with Gasteiger partial charge in [0, 0.05) is 60.9 Å². The SMILES string of the molecule is COCCCl.COCCN1CCC(C(=O)NC(c2ccc(Cl)cc2)c2ccccn2)CC1.O=C(NC(c1ccc(Cl)cc1)c1ccccn1)C1CCNCC1. The fourth-order valence-corrected chi connectivity index (χ4v) is 6.79. The van der Waals surface area contributed by atoms with Crippen molar-refractivity contribution in [3.63, 3.8) is 0 Å². The van der Waals surface area contributed by atoms with Crippen molar-refractivity contribution in [3.05, 3.63) is 130 Å². The molecule has 2 aromatic heterocycles. The summed E-state index contributed by atoms with van der Waals surface area (Å²) in [6.45, 7) is 5.96. The summed E-state index contributed by atoms with van der Waals surface area (Å²) < 4.78 is 9.70. The lowest BCUT2D eigenvalue weighted by molar-refractivity contribution is -0.127. The molecule has 2 aliphatic rings. The van der Waals surface area contributed by atoms with Crippen LogP contribution in [0.25, 0.3) is 0 Å². The van der Waals surface area contributed by atoms with E-state index in [1.54, 1.807) is 26.6 Å². The summed E-state index contributed by atoms with van der Waals surface area (Å²) in [5.41, 5.74) is 3.61. The van der Waals surface area contributed by atoms with E-state index in [9.17, 15) is 9.59 Å². The molecule has 2 aromatic carbocycles. The number of likely N-dealkylation sites (tertiary alicyclic amines) is 1. The van der Waals surface area contributed by atoms with Crippen molar-refractivity contribution in [3.8, 4) is 0 Å². The van der Waals surface area contributed by atoms with Crippen molar-refractivity contribution in [2.75, 3.05) is 66.0 Å². The molecular formula is C42H53Cl3N6O4. The van der Waals surface area contributed by atoms with Crippen LogP contribution < -0.4 is 16.0 Å². The Hall–Kier alpha value is -3.61. The van der Waals surface area contributed by atoms with E-state index in [0.717, 1.165) is 87.5 Å². The topological polar surface area (TPSA) is 118 Å². The number of hydrogen-bond acceptors (Lipinski definition) is 8. The van der Waals surface area contributed by atoms with E-state index in [1.165, 1.54) is 0 Å². The van der Waals surface area contributed by atoms with Gasteiger partial charge < -0.3 is 30.3 Å². The van der Waals surface area contributed by atoms with Crippen LogP contribution in [0.4, 0.5) is 0 Å². The summed E-state index contributed by atoms with van der Waals surface area (Å²) in [6.07, 6.45) is 6.98. The van der Waals surface area contributed by atoms with Gasteiger partial charge >= 0.3 is 0 Å². The summed E-state index contributed by atoms with van der Waals surface area (Å²) in [4.78, 5) is 36.8. The first kappa shape index (κ1) is 44.1. The minimum Gasteiger partial charge on any atom is -0.383 e. The number of alkyl halides is 1. The molecule has 0 bridgehead atoms. The van der Waals surface area contributed by atoms with Gasteiger partial charge in [0.1, 0.15) is 0 Å². The highest BCUT2D eigenvalue weighted by Gasteiger charge is 2.28. The Morgan fingerprint density at radius 3 is 1.55 bits per heavy atom. The van der Waals surface area contributed by atoms with E-state index in [4.69, 9.17) is 39.5 Å². The maximum atomic E-state index is 12.9. The molecule has 0 aliphatic carbocycles. The van der Waals surface area contributed by atoms with Gasteiger partial charge in [-0.15, -0.1) is 11.6 Å². The van der Waals surface area contributed by atoms with Gasteiger partial charge in [-0.1, -0.05) is 59.6 Å². The summed E-state index contributed by atoms with van der Waals surface area (Å²) in [7, 11) is 3.34. The lowest BCUT2D eigenvalue weighted by Gasteiger charge is -2.32. The smallest absolute Gasteiger partial charge is 0.224 e. The number of aromatic nitrogens is 2. The number of ether oxygens (including phenoxy) is 2. The third kappa shape index (κ3) is 15.1. The highest BCUT2D eigenvalue weighted by Crippen LogP contribution is 2.26. The molecule has 0 saturated carbocycles. The maximum Gasteiger partial charge on any atom is 0.224 e. The fourth-order valence-electron chi connectivity index (χ4n) is 6.38. The van der Waals surface area contributed by atoms with Gasteiger partial charge in [0.15, 0.2) is 0 Å². The van der Waals surface area contributed by atoms with E-state index in [1.807, 2.05) is 84.9 Å². The summed E-state index contributed by atoms with van der Waals surface area (Å²) >= 11 is 17.2. The van der Waals surface area contributed by atoms with Gasteiger partial charge in [-0.25, -0.2) is 0 Å². The third-order valence-electron chi connectivity index (χ3n) is 9.51. The molecule has 2 saturated heterocycles. The van der Waals surface area contributed by atoms with Crippen LogP contribution in [0.2, 0.25) is 10.0 Å². The van der Waals surface area contributed by atoms with Crippen LogP contribution >= 0.6 is 34.8 Å². The zero-order valence-corrected chi connectivity index (χ0v) is 33.9. The number of amides is 2. The van der Waals surface area contributed by atoms with E-state index in [-0.39, 0.29) is 35.7 Å². The van der Waals surface area contributed by atoms with E-state index < -0.39 is 0 Å². The Balaban J connectivity index is 0.000000220. The predicted octanol–water partition coefficient (Wildman–Crippen LogP) is 7.11. The van der Waals surface area contributed by atoms with E-state index >= 15 is 0 Å². The fraction of sp³-hybridized carbons (Fsp3) is 0.429. The summed E-state index contributed by atoms with van der Waals surface area (Å²) in [5, 5.41) is 11.0. The van der Waals surface area contributed by atoms with Crippen LogP contribution in [-0.2, 0) is 19.1 Å². The Bertz CT molecular complexity index is 1660. The average Bonchev–Trinajstić information content (AvgIpc) is 3.23. The molecule has 10 nitrogen and oxygen atoms in total. The van der Waals surface area contributed by atoms with Crippen LogP contribution in [0.5, 0.6) is 0 Å². The largest absolute Gasteiger partial charge is 0.383 e. The Morgan fingerprint density at radius 1 is 0.709 bits per heavy atom. The number of nitrogens with zero attached hydrogens (tertiary/aromatic N) is 3. The molecule has 0 spiro atoms. The number of carbonyl (C=O) groups is 2. The maximum absolute atomic E-state index is 12.9. The number of rotatable bonds is 13. The molecule has 13 heteroatoms. The number of halogens is 3. The monoisotopic (exact) mass is 810 g/mol. The number of benzene rings is 2. The number of methoxy groups -OCH3 is 2. The molecule has 6 rings (SSSR count). The molecule has 2 amide bonds. The molecule has 2 fully saturated rings. The third-order valence-corrected chi connectivity index (χ3v) is 10.2. The minimum absolute atomic E-state index is 0.0299. The first-order chi connectivity index (χ1) is 26.8. The van der Waals surface area contributed by atoms with Gasteiger partial charge in [0.2, 0.25) is 11.8 Å². The number of piperidine rings is 2. The van der Waals surface area contributed by atoms with Gasteiger partial charge in [0.05, 0.1) is 36.7 Å². The number of hydrogen-bond donors (Lipinski definition) is 3. The highest BCUT2D eigenvalue weighted by molar-refractivity contribution is 6.30. The molecule has 296 valence electrons. The zero-order valence-electron chi connectivity index (χ0n) is 31.6. The Morgan fingerprint density at radius 2 is 1.16 bits per heavy atom. The van der Waals surface area contributed by atoms with Gasteiger partial charge in [-0.2, -0.15) is 0 Å². The van der Waals surface area contributed by atoms with Gasteiger partial charge in [0.25, 0.3) is 0 Å². The van der Waals surface area contributed by atoms with E-state index in [2.05, 4.69) is 35.6 Å². The second-order valence-corrected chi connectivity index (χ2v) is 14.6. The predicted molar refractivity (Wildman–Crippen MR) is 221 cm³/mol. The summed E-state index contributed by atoms with van der Waals surface area (Å²) in [5.74, 6) is 0.873. The lowest BCUT2D eigenvalue weighted by Crippen LogP contribution is -2.42. The Labute approximate surface area is 340 Å². The number of pyridine rings is 2. The first-order valence-corrected chi connectivity index (χ1v) is 20.0. The van der Waals surface area contributed by atoms with Crippen molar-refractivity contribution >= 4 is 46.6 Å². The Kier molecular flexibility index (Phi) is 19.9. The summed E-state index contributed by atoms with van der Waals surface area (Å²) in [6, 6.07) is 26.1. The van der Waals surface area contributed by atoms with Crippen molar-refractivity contribution in [1.29, 1.82) is 0 Å². The number of carbonyl (C=O) groups excluding carboxylic acids is 2. The quantitative estimate of drug-likeness (QED) is 0.122. The normalized spacial score (nSPS) is 16.0.